The first kappa shape index (κ1) is 24.7. The highest BCUT2D eigenvalue weighted by Crippen LogP contribution is 2.26. The van der Waals surface area contributed by atoms with E-state index in [-0.39, 0.29) is 24.6 Å². The smallest absolute Gasteiger partial charge is 0.243 e. The normalized spacial score (nSPS) is 16.3. The molecule has 1 N–H and O–H groups in total. The lowest BCUT2D eigenvalue weighted by Gasteiger charge is -2.23. The molecule has 35 heavy (non-hydrogen) atoms. The van der Waals surface area contributed by atoms with E-state index >= 15 is 0 Å². The molecule has 0 aliphatic carbocycles. The summed E-state index contributed by atoms with van der Waals surface area (Å²) in [6.07, 6.45) is 0.912. The molecule has 10 heteroatoms. The highest BCUT2D eigenvalue weighted by atomic mass is 32.2. The largest absolute Gasteiger partial charge is 0.489 e. The molecule has 0 bridgehead atoms. The molecule has 1 aliphatic rings. The molecule has 1 amide bonds. The Labute approximate surface area is 201 Å². The summed E-state index contributed by atoms with van der Waals surface area (Å²) in [6.45, 7) is 0.374. The Morgan fingerprint density at radius 3 is 2.49 bits per heavy atom. The molecule has 0 aromatic heterocycles. The van der Waals surface area contributed by atoms with Crippen molar-refractivity contribution in [1.82, 2.24) is 9.62 Å². The van der Waals surface area contributed by atoms with E-state index in [1.165, 1.54) is 18.2 Å². The summed E-state index contributed by atoms with van der Waals surface area (Å²) in [6, 6.07) is 14.0. The predicted molar refractivity (Wildman–Crippen MR) is 122 cm³/mol. The Balaban J connectivity index is 1.37. The van der Waals surface area contributed by atoms with Gasteiger partial charge in [0.25, 0.3) is 0 Å². The van der Waals surface area contributed by atoms with Crippen LogP contribution in [0.25, 0.3) is 0 Å². The first-order valence-electron chi connectivity index (χ1n) is 10.9. The van der Waals surface area contributed by atoms with Gasteiger partial charge in [-0.05, 0) is 72.5 Å². The van der Waals surface area contributed by atoms with E-state index in [2.05, 4.69) is 5.32 Å². The van der Waals surface area contributed by atoms with E-state index in [0.29, 0.717) is 29.7 Å². The van der Waals surface area contributed by atoms with Gasteiger partial charge in [0.2, 0.25) is 15.9 Å². The lowest BCUT2D eigenvalue weighted by Crippen LogP contribution is -2.45. The molecule has 0 spiro atoms. The maximum absolute atomic E-state index is 13.4. The molecule has 0 unspecified atom stereocenters. The first-order chi connectivity index (χ1) is 16.7. The van der Waals surface area contributed by atoms with Crippen molar-refractivity contribution in [3.05, 3.63) is 95.3 Å². The van der Waals surface area contributed by atoms with Gasteiger partial charge in [-0.1, -0.05) is 18.2 Å². The summed E-state index contributed by atoms with van der Waals surface area (Å²) in [4.78, 5) is 12.8. The van der Waals surface area contributed by atoms with Crippen molar-refractivity contribution in [3.63, 3.8) is 0 Å². The van der Waals surface area contributed by atoms with Crippen LogP contribution in [0.2, 0.25) is 0 Å². The number of hydrogen-bond acceptors (Lipinski definition) is 4. The van der Waals surface area contributed by atoms with Crippen molar-refractivity contribution in [2.45, 2.75) is 36.9 Å². The quantitative estimate of drug-likeness (QED) is 0.500. The van der Waals surface area contributed by atoms with Crippen molar-refractivity contribution in [1.29, 1.82) is 0 Å². The topological polar surface area (TPSA) is 75.7 Å². The molecule has 3 aromatic rings. The lowest BCUT2D eigenvalue weighted by molar-refractivity contribution is -0.124. The number of nitrogens with one attached hydrogen (secondary N) is 1. The summed E-state index contributed by atoms with van der Waals surface area (Å²) in [5.74, 6) is -2.39. The first-order valence-corrected chi connectivity index (χ1v) is 12.4. The standard InChI is InChI=1S/C25H23F3N2O4S/c26-19-7-9-21(10-8-19)35(32,33)30-12-2-5-24(30)25(31)29-15-17-3-1-4-20(13-17)34-16-18-6-11-22(27)23(28)14-18/h1,3-4,6-11,13-14,24H,2,5,12,15-16H2,(H,29,31)/t24-/m0/s1. The minimum absolute atomic E-state index is 0.0330. The summed E-state index contributed by atoms with van der Waals surface area (Å²) in [5, 5.41) is 2.77. The molecule has 4 rings (SSSR count). The number of nitrogens with zero attached hydrogens (tertiary/aromatic N) is 1. The zero-order valence-corrected chi connectivity index (χ0v) is 19.4. The van der Waals surface area contributed by atoms with E-state index in [0.717, 1.165) is 28.6 Å². The number of hydrogen-bond donors (Lipinski definition) is 1. The molecule has 1 fully saturated rings. The maximum Gasteiger partial charge on any atom is 0.243 e. The van der Waals surface area contributed by atoms with Crippen LogP contribution in [-0.4, -0.2) is 31.2 Å². The van der Waals surface area contributed by atoms with Gasteiger partial charge in [-0.25, -0.2) is 21.6 Å². The van der Waals surface area contributed by atoms with Crippen LogP contribution >= 0.6 is 0 Å². The van der Waals surface area contributed by atoms with E-state index in [1.807, 2.05) is 0 Å². The van der Waals surface area contributed by atoms with E-state index in [9.17, 15) is 26.4 Å². The summed E-state index contributed by atoms with van der Waals surface area (Å²) in [7, 11) is -3.94. The number of ether oxygens (including phenoxy) is 1. The molecule has 1 heterocycles. The van der Waals surface area contributed by atoms with Crippen molar-refractivity contribution >= 4 is 15.9 Å². The van der Waals surface area contributed by atoms with Gasteiger partial charge in [0.05, 0.1) is 4.90 Å². The molecule has 6 nitrogen and oxygen atoms in total. The fourth-order valence-corrected chi connectivity index (χ4v) is 5.54. The second kappa shape index (κ2) is 10.5. The van der Waals surface area contributed by atoms with Gasteiger partial charge in [-0.15, -0.1) is 0 Å². The highest BCUT2D eigenvalue weighted by Gasteiger charge is 2.39. The van der Waals surface area contributed by atoms with Crippen LogP contribution in [0.4, 0.5) is 13.2 Å². The van der Waals surface area contributed by atoms with Gasteiger partial charge in [-0.3, -0.25) is 4.79 Å². The number of sulfonamides is 1. The third-order valence-electron chi connectivity index (χ3n) is 5.68. The maximum atomic E-state index is 13.4. The molecule has 184 valence electrons. The molecule has 1 aliphatic heterocycles. The average Bonchev–Trinajstić information content (AvgIpc) is 3.35. The van der Waals surface area contributed by atoms with E-state index < -0.39 is 39.4 Å². The van der Waals surface area contributed by atoms with Crippen molar-refractivity contribution < 1.29 is 31.1 Å². The molecule has 3 aromatic carbocycles. The molecule has 0 radical (unpaired) electrons. The second-order valence-electron chi connectivity index (χ2n) is 8.13. The monoisotopic (exact) mass is 504 g/mol. The van der Waals surface area contributed by atoms with Crippen molar-refractivity contribution in [3.8, 4) is 5.75 Å². The van der Waals surface area contributed by atoms with Gasteiger partial charge >= 0.3 is 0 Å². The van der Waals surface area contributed by atoms with Gasteiger partial charge in [0, 0.05) is 13.1 Å². The minimum Gasteiger partial charge on any atom is -0.489 e. The van der Waals surface area contributed by atoms with Crippen LogP contribution in [0.5, 0.6) is 5.75 Å². The summed E-state index contributed by atoms with van der Waals surface area (Å²) in [5.41, 5.74) is 1.18. The molecule has 0 saturated carbocycles. The van der Waals surface area contributed by atoms with E-state index in [1.54, 1.807) is 24.3 Å². The number of rotatable bonds is 8. The molecular formula is C25H23F3N2O4S. The van der Waals surface area contributed by atoms with E-state index in [4.69, 9.17) is 4.74 Å². The molecule has 1 saturated heterocycles. The Morgan fingerprint density at radius 1 is 0.971 bits per heavy atom. The van der Waals surface area contributed by atoms with Crippen LogP contribution in [0.1, 0.15) is 24.0 Å². The second-order valence-corrected chi connectivity index (χ2v) is 10.0. The molecular weight excluding hydrogens is 481 g/mol. The van der Waals surface area contributed by atoms with Gasteiger partial charge in [-0.2, -0.15) is 4.31 Å². The highest BCUT2D eigenvalue weighted by molar-refractivity contribution is 7.89. The average molecular weight is 505 g/mol. The third-order valence-corrected chi connectivity index (χ3v) is 7.60. The number of amides is 1. The number of halogens is 3. The SMILES string of the molecule is O=C(NCc1cccc(OCc2ccc(F)c(F)c2)c1)[C@@H]1CCCN1S(=O)(=O)c1ccc(F)cc1. The Morgan fingerprint density at radius 2 is 1.74 bits per heavy atom. The number of benzene rings is 3. The van der Waals surface area contributed by atoms with Crippen LogP contribution in [-0.2, 0) is 28.0 Å². The third kappa shape index (κ3) is 5.83. The van der Waals surface area contributed by atoms with Crippen LogP contribution in [0.15, 0.2) is 71.6 Å². The van der Waals surface area contributed by atoms with Crippen molar-refractivity contribution in [2.24, 2.45) is 0 Å². The van der Waals surface area contributed by atoms with Gasteiger partial charge < -0.3 is 10.1 Å². The molecule has 1 atom stereocenters. The van der Waals surface area contributed by atoms with Gasteiger partial charge in [0.15, 0.2) is 11.6 Å². The Bertz CT molecular complexity index is 1320. The minimum atomic E-state index is -3.94. The summed E-state index contributed by atoms with van der Waals surface area (Å²) < 4.78 is 72.4. The number of carbonyl (C=O) groups excluding carboxylic acids is 1. The van der Waals surface area contributed by atoms with Crippen molar-refractivity contribution in [2.75, 3.05) is 6.54 Å². The number of carbonyl (C=O) groups is 1. The summed E-state index contributed by atoms with van der Waals surface area (Å²) >= 11 is 0. The van der Waals surface area contributed by atoms with Gasteiger partial charge in [0.1, 0.15) is 24.2 Å². The van der Waals surface area contributed by atoms with Crippen LogP contribution in [0, 0.1) is 17.5 Å². The Hall–Kier alpha value is -3.37. The lowest BCUT2D eigenvalue weighted by atomic mass is 10.2. The predicted octanol–water partition coefficient (Wildman–Crippen LogP) is 4.15. The van der Waals surface area contributed by atoms with Crippen LogP contribution < -0.4 is 10.1 Å². The Kier molecular flexibility index (Phi) is 7.42. The zero-order valence-electron chi connectivity index (χ0n) is 18.6. The fourth-order valence-electron chi connectivity index (χ4n) is 3.88. The van der Waals surface area contributed by atoms with Crippen LogP contribution in [0.3, 0.4) is 0 Å². The zero-order chi connectivity index (χ0) is 25.0. The fraction of sp³-hybridized carbons (Fsp3) is 0.240.